The number of aromatic nitrogens is 5. The largest absolute Gasteiger partial charge is 0.338 e. The Morgan fingerprint density at radius 3 is 2.67 bits per heavy atom. The van der Waals surface area contributed by atoms with Crippen molar-refractivity contribution >= 4 is 29.1 Å². The van der Waals surface area contributed by atoms with Crippen LogP contribution in [-0.4, -0.2) is 60.3 Å². The summed E-state index contributed by atoms with van der Waals surface area (Å²) >= 11 is 0. The molecule has 0 bridgehead atoms. The topological polar surface area (TPSA) is 118 Å². The van der Waals surface area contributed by atoms with E-state index in [-0.39, 0.29) is 37.1 Å². The van der Waals surface area contributed by atoms with Crippen LogP contribution in [0, 0.1) is 0 Å². The van der Waals surface area contributed by atoms with Crippen molar-refractivity contribution < 1.29 is 14.4 Å². The van der Waals surface area contributed by atoms with Gasteiger partial charge in [0.05, 0.1) is 11.4 Å². The van der Waals surface area contributed by atoms with E-state index in [9.17, 15) is 14.4 Å². The number of hydrogen-bond donors (Lipinski definition) is 1. The van der Waals surface area contributed by atoms with Gasteiger partial charge in [-0.05, 0) is 12.1 Å². The molecule has 11 nitrogen and oxygen atoms in total. The van der Waals surface area contributed by atoms with Gasteiger partial charge in [0.25, 0.3) is 0 Å². The minimum absolute atomic E-state index is 0.0347. The summed E-state index contributed by atoms with van der Waals surface area (Å²) in [5, 5.41) is 15.5. The number of rotatable bonds is 4. The highest BCUT2D eigenvalue weighted by atomic mass is 16.2. The highest BCUT2D eigenvalue weighted by Gasteiger charge is 2.30. The molecule has 0 spiro atoms. The molecular formula is C22H24N8O3. The molecule has 0 unspecified atom stereocenters. The molecular weight excluding hydrogens is 424 g/mol. The molecule has 0 atom stereocenters. The maximum atomic E-state index is 13.0. The van der Waals surface area contributed by atoms with Gasteiger partial charge in [-0.3, -0.25) is 19.1 Å². The quantitative estimate of drug-likeness (QED) is 0.633. The van der Waals surface area contributed by atoms with Gasteiger partial charge in [-0.15, -0.1) is 10.2 Å². The molecule has 170 valence electrons. The lowest BCUT2D eigenvalue weighted by Crippen LogP contribution is -2.43. The number of benzene rings is 1. The second-order valence-corrected chi connectivity index (χ2v) is 8.27. The minimum atomic E-state index is -0.246. The van der Waals surface area contributed by atoms with Gasteiger partial charge in [0.1, 0.15) is 18.6 Å². The Bertz CT molecular complexity index is 1260. The van der Waals surface area contributed by atoms with Crippen LogP contribution in [0.4, 0.5) is 11.4 Å². The molecule has 3 amide bonds. The number of carbonyl (C=O) groups excluding carboxylic acids is 3. The molecule has 3 aromatic rings. The zero-order chi connectivity index (χ0) is 23.1. The first-order chi connectivity index (χ1) is 15.9. The fraction of sp³-hybridized carbons (Fsp3) is 0.364. The lowest BCUT2D eigenvalue weighted by molar-refractivity contribution is -0.134. The Morgan fingerprint density at radius 1 is 1.09 bits per heavy atom. The smallest absolute Gasteiger partial charge is 0.244 e. The predicted octanol–water partition coefficient (Wildman–Crippen LogP) is 0.866. The van der Waals surface area contributed by atoms with Crippen LogP contribution in [0.15, 0.2) is 30.6 Å². The van der Waals surface area contributed by atoms with Gasteiger partial charge in [-0.1, -0.05) is 12.1 Å². The second kappa shape index (κ2) is 8.15. The van der Waals surface area contributed by atoms with Crippen LogP contribution in [0.1, 0.15) is 24.1 Å². The van der Waals surface area contributed by atoms with Crippen molar-refractivity contribution in [2.75, 3.05) is 23.3 Å². The molecule has 2 aromatic heterocycles. The number of aryl methyl sites for hydroxylation is 2. The van der Waals surface area contributed by atoms with E-state index in [4.69, 9.17) is 0 Å². The highest BCUT2D eigenvalue weighted by Crippen LogP contribution is 2.30. The number of nitrogens with one attached hydrogen (secondary N) is 1. The summed E-state index contributed by atoms with van der Waals surface area (Å²) in [4.78, 5) is 41.1. The Hall–Kier alpha value is -4.02. The molecule has 0 aliphatic carbocycles. The summed E-state index contributed by atoms with van der Waals surface area (Å²) < 4.78 is 3.64. The number of para-hydroxylation sites is 2. The van der Waals surface area contributed by atoms with E-state index in [0.717, 1.165) is 17.0 Å². The van der Waals surface area contributed by atoms with Gasteiger partial charge in [-0.2, -0.15) is 5.10 Å². The molecule has 1 N–H and O–H groups in total. The Morgan fingerprint density at radius 2 is 1.88 bits per heavy atom. The summed E-state index contributed by atoms with van der Waals surface area (Å²) in [6.45, 7) is 0.925. The van der Waals surface area contributed by atoms with Crippen LogP contribution >= 0.6 is 0 Å². The maximum Gasteiger partial charge on any atom is 0.244 e. The highest BCUT2D eigenvalue weighted by molar-refractivity contribution is 6.10. The Kier molecular flexibility index (Phi) is 5.15. The molecule has 0 radical (unpaired) electrons. The monoisotopic (exact) mass is 448 g/mol. The van der Waals surface area contributed by atoms with Crippen LogP contribution in [0.3, 0.4) is 0 Å². The maximum absolute atomic E-state index is 13.0. The van der Waals surface area contributed by atoms with Crippen molar-refractivity contribution in [3.05, 3.63) is 41.9 Å². The van der Waals surface area contributed by atoms with Crippen LogP contribution in [0.25, 0.3) is 11.5 Å². The first-order valence-electron chi connectivity index (χ1n) is 10.8. The van der Waals surface area contributed by atoms with E-state index in [1.54, 1.807) is 34.0 Å². The summed E-state index contributed by atoms with van der Waals surface area (Å²) in [5.74, 6) is 0.0594. The van der Waals surface area contributed by atoms with Gasteiger partial charge < -0.3 is 19.7 Å². The third-order valence-electron chi connectivity index (χ3n) is 6.14. The first kappa shape index (κ1) is 20.9. The van der Waals surface area contributed by atoms with E-state index in [1.807, 2.05) is 24.8 Å². The number of hydrogen-bond acceptors (Lipinski definition) is 6. The van der Waals surface area contributed by atoms with E-state index in [1.165, 1.54) is 4.90 Å². The Labute approximate surface area is 190 Å². The van der Waals surface area contributed by atoms with E-state index in [2.05, 4.69) is 20.6 Å². The molecule has 0 saturated heterocycles. The zero-order valence-corrected chi connectivity index (χ0v) is 18.5. The fourth-order valence-corrected chi connectivity index (χ4v) is 4.45. The van der Waals surface area contributed by atoms with Crippen molar-refractivity contribution in [1.82, 2.24) is 29.4 Å². The van der Waals surface area contributed by atoms with E-state index < -0.39 is 0 Å². The van der Waals surface area contributed by atoms with Gasteiger partial charge in [0, 0.05) is 57.7 Å². The molecule has 33 heavy (non-hydrogen) atoms. The van der Waals surface area contributed by atoms with Crippen LogP contribution in [0.5, 0.6) is 0 Å². The summed E-state index contributed by atoms with van der Waals surface area (Å²) in [6.07, 6.45) is 2.41. The number of amides is 3. The molecule has 2 aliphatic heterocycles. The SMILES string of the molecule is Cn1cnnc1-c1nn(C)c2c1CN(C(=O)CCC(=O)N1CC(=O)Nc3ccccc31)CC2. The minimum Gasteiger partial charge on any atom is -0.338 e. The summed E-state index contributed by atoms with van der Waals surface area (Å²) in [7, 11) is 3.74. The number of carbonyl (C=O) groups is 3. The van der Waals surface area contributed by atoms with E-state index >= 15 is 0 Å². The molecule has 4 heterocycles. The van der Waals surface area contributed by atoms with Crippen LogP contribution in [-0.2, 0) is 41.4 Å². The van der Waals surface area contributed by atoms with Crippen molar-refractivity contribution in [1.29, 1.82) is 0 Å². The number of fused-ring (bicyclic) bond motifs is 2. The lowest BCUT2D eigenvalue weighted by Gasteiger charge is -2.30. The van der Waals surface area contributed by atoms with Crippen molar-refractivity contribution in [2.45, 2.75) is 25.8 Å². The molecule has 0 fully saturated rings. The molecule has 2 aliphatic rings. The van der Waals surface area contributed by atoms with Crippen molar-refractivity contribution in [2.24, 2.45) is 14.1 Å². The molecule has 0 saturated carbocycles. The van der Waals surface area contributed by atoms with Gasteiger partial charge in [0.2, 0.25) is 17.7 Å². The normalized spacial score (nSPS) is 15.2. The van der Waals surface area contributed by atoms with E-state index in [0.29, 0.717) is 36.7 Å². The fourth-order valence-electron chi connectivity index (χ4n) is 4.45. The van der Waals surface area contributed by atoms with Crippen LogP contribution < -0.4 is 10.2 Å². The van der Waals surface area contributed by atoms with Gasteiger partial charge in [0.15, 0.2) is 5.82 Å². The zero-order valence-electron chi connectivity index (χ0n) is 18.5. The molecule has 11 heteroatoms. The third-order valence-corrected chi connectivity index (χ3v) is 6.14. The van der Waals surface area contributed by atoms with Gasteiger partial charge in [-0.25, -0.2) is 0 Å². The second-order valence-electron chi connectivity index (χ2n) is 8.27. The summed E-state index contributed by atoms with van der Waals surface area (Å²) in [5.41, 5.74) is 4.01. The molecule has 5 rings (SSSR count). The number of nitrogens with zero attached hydrogens (tertiary/aromatic N) is 7. The predicted molar refractivity (Wildman–Crippen MR) is 119 cm³/mol. The first-order valence-corrected chi connectivity index (χ1v) is 10.8. The van der Waals surface area contributed by atoms with Crippen molar-refractivity contribution in [3.8, 4) is 11.5 Å². The molecule has 1 aromatic carbocycles. The average molecular weight is 448 g/mol. The standard InChI is InChI=1S/C22H24N8O3/c1-27-13-23-25-22(27)21-14-11-29(10-9-16(14)28(2)26-21)19(32)7-8-20(33)30-12-18(31)24-15-5-3-4-6-17(15)30/h3-6,13H,7-12H2,1-2H3,(H,24,31). The Balaban J connectivity index is 1.28. The van der Waals surface area contributed by atoms with Gasteiger partial charge >= 0.3 is 0 Å². The van der Waals surface area contributed by atoms with Crippen molar-refractivity contribution in [3.63, 3.8) is 0 Å². The lowest BCUT2D eigenvalue weighted by atomic mass is 10.0. The average Bonchev–Trinajstić information content (AvgIpc) is 3.38. The summed E-state index contributed by atoms with van der Waals surface area (Å²) in [6, 6.07) is 7.16. The third kappa shape index (κ3) is 3.75. The number of anilines is 2. The van der Waals surface area contributed by atoms with Crippen LogP contribution in [0.2, 0.25) is 0 Å².